The molecule has 1 unspecified atom stereocenters. The summed E-state index contributed by atoms with van der Waals surface area (Å²) in [6, 6.07) is 13.3. The maximum absolute atomic E-state index is 12.8. The normalized spacial score (nSPS) is 15.7. The number of hydrogen-bond donors (Lipinski definition) is 2. The largest absolute Gasteiger partial charge is 0.435 e. The number of carbonyl (C=O) groups excluding carboxylic acids is 1. The number of fused-ring (bicyclic) bond motifs is 1. The summed E-state index contributed by atoms with van der Waals surface area (Å²) in [7, 11) is 0. The molecule has 0 aliphatic carbocycles. The average Bonchev–Trinajstić information content (AvgIpc) is 2.69. The molecule has 27 heavy (non-hydrogen) atoms. The summed E-state index contributed by atoms with van der Waals surface area (Å²) in [5.74, 6) is 0.699. The third kappa shape index (κ3) is 3.96. The SMILES string of the molecule is CC1Cc2cc(C(=O)Nc3cccnc3Oc3cccnc3)ccc2CN1. The molecule has 0 radical (unpaired) electrons. The molecule has 3 aromatic rings. The first-order valence-electron chi connectivity index (χ1n) is 8.88. The fourth-order valence-corrected chi connectivity index (χ4v) is 3.10. The lowest BCUT2D eigenvalue weighted by Gasteiger charge is -2.23. The van der Waals surface area contributed by atoms with Gasteiger partial charge in [0.05, 0.1) is 6.20 Å². The van der Waals surface area contributed by atoms with Gasteiger partial charge in [0, 0.05) is 30.5 Å². The Morgan fingerprint density at radius 1 is 1.19 bits per heavy atom. The van der Waals surface area contributed by atoms with Gasteiger partial charge in [-0.2, -0.15) is 0 Å². The number of anilines is 1. The van der Waals surface area contributed by atoms with E-state index in [4.69, 9.17) is 4.74 Å². The van der Waals surface area contributed by atoms with Crippen LogP contribution >= 0.6 is 0 Å². The molecule has 2 aromatic heterocycles. The van der Waals surface area contributed by atoms with Gasteiger partial charge in [-0.1, -0.05) is 6.07 Å². The van der Waals surface area contributed by atoms with Crippen LogP contribution in [-0.4, -0.2) is 21.9 Å². The highest BCUT2D eigenvalue weighted by Gasteiger charge is 2.17. The zero-order chi connectivity index (χ0) is 18.6. The summed E-state index contributed by atoms with van der Waals surface area (Å²) in [5.41, 5.74) is 3.59. The number of nitrogens with zero attached hydrogens (tertiary/aromatic N) is 2. The lowest BCUT2D eigenvalue weighted by Crippen LogP contribution is -2.33. The molecule has 1 amide bonds. The highest BCUT2D eigenvalue weighted by Crippen LogP contribution is 2.27. The monoisotopic (exact) mass is 360 g/mol. The number of pyridine rings is 2. The Morgan fingerprint density at radius 3 is 2.93 bits per heavy atom. The van der Waals surface area contributed by atoms with Gasteiger partial charge in [0.1, 0.15) is 11.4 Å². The van der Waals surface area contributed by atoms with Crippen LogP contribution in [0.1, 0.15) is 28.4 Å². The molecular formula is C21H20N4O2. The number of amides is 1. The molecule has 6 nitrogen and oxygen atoms in total. The van der Waals surface area contributed by atoms with Gasteiger partial charge in [-0.15, -0.1) is 0 Å². The van der Waals surface area contributed by atoms with Crippen molar-refractivity contribution in [1.29, 1.82) is 0 Å². The second-order valence-electron chi connectivity index (χ2n) is 6.57. The fourth-order valence-electron chi connectivity index (χ4n) is 3.10. The second-order valence-corrected chi connectivity index (χ2v) is 6.57. The van der Waals surface area contributed by atoms with Crippen LogP contribution in [0.2, 0.25) is 0 Å². The zero-order valence-corrected chi connectivity index (χ0v) is 15.0. The van der Waals surface area contributed by atoms with Gasteiger partial charge in [-0.05, 0) is 60.9 Å². The van der Waals surface area contributed by atoms with Gasteiger partial charge >= 0.3 is 0 Å². The number of carbonyl (C=O) groups is 1. The van der Waals surface area contributed by atoms with E-state index in [1.54, 1.807) is 42.9 Å². The number of aromatic nitrogens is 2. The zero-order valence-electron chi connectivity index (χ0n) is 15.0. The molecule has 0 fully saturated rings. The Morgan fingerprint density at radius 2 is 2.07 bits per heavy atom. The topological polar surface area (TPSA) is 76.1 Å². The van der Waals surface area contributed by atoms with Gasteiger partial charge in [0.25, 0.3) is 5.91 Å². The summed E-state index contributed by atoms with van der Waals surface area (Å²) < 4.78 is 5.75. The summed E-state index contributed by atoms with van der Waals surface area (Å²) in [6.07, 6.45) is 5.80. The van der Waals surface area contributed by atoms with E-state index in [1.165, 1.54) is 11.1 Å². The molecule has 0 spiro atoms. The Bertz CT molecular complexity index is 959. The van der Waals surface area contributed by atoms with Gasteiger partial charge in [-0.25, -0.2) is 4.98 Å². The van der Waals surface area contributed by atoms with E-state index >= 15 is 0 Å². The van der Waals surface area contributed by atoms with E-state index in [-0.39, 0.29) is 5.91 Å². The van der Waals surface area contributed by atoms with Crippen molar-refractivity contribution in [2.45, 2.75) is 25.9 Å². The first-order chi connectivity index (χ1) is 13.2. The summed E-state index contributed by atoms with van der Waals surface area (Å²) in [5, 5.41) is 6.33. The molecule has 4 rings (SSSR count). The summed E-state index contributed by atoms with van der Waals surface area (Å²) in [4.78, 5) is 21.0. The molecule has 0 saturated heterocycles. The quantitative estimate of drug-likeness (QED) is 0.744. The van der Waals surface area contributed by atoms with E-state index in [2.05, 4.69) is 27.5 Å². The number of benzene rings is 1. The number of ether oxygens (including phenoxy) is 1. The molecule has 1 aliphatic heterocycles. The highest BCUT2D eigenvalue weighted by atomic mass is 16.5. The van der Waals surface area contributed by atoms with Crippen molar-refractivity contribution in [2.24, 2.45) is 0 Å². The van der Waals surface area contributed by atoms with Crippen molar-refractivity contribution in [3.05, 3.63) is 77.7 Å². The number of nitrogens with one attached hydrogen (secondary N) is 2. The molecular weight excluding hydrogens is 340 g/mol. The van der Waals surface area contributed by atoms with Crippen molar-refractivity contribution in [3.63, 3.8) is 0 Å². The maximum atomic E-state index is 12.8. The van der Waals surface area contributed by atoms with Gasteiger partial charge in [0.2, 0.25) is 5.88 Å². The van der Waals surface area contributed by atoms with Crippen LogP contribution in [0.4, 0.5) is 5.69 Å². The molecule has 3 heterocycles. The minimum Gasteiger partial charge on any atom is -0.435 e. The molecule has 1 aliphatic rings. The minimum atomic E-state index is -0.187. The van der Waals surface area contributed by atoms with Crippen molar-refractivity contribution >= 4 is 11.6 Å². The lowest BCUT2D eigenvalue weighted by atomic mass is 9.94. The predicted octanol–water partition coefficient (Wildman–Crippen LogP) is 3.56. The van der Waals surface area contributed by atoms with E-state index in [0.29, 0.717) is 28.9 Å². The third-order valence-electron chi connectivity index (χ3n) is 4.50. The Hall–Kier alpha value is -3.25. The van der Waals surface area contributed by atoms with Crippen molar-refractivity contribution < 1.29 is 9.53 Å². The van der Waals surface area contributed by atoms with E-state index in [9.17, 15) is 4.79 Å². The van der Waals surface area contributed by atoms with Crippen molar-refractivity contribution in [1.82, 2.24) is 15.3 Å². The lowest BCUT2D eigenvalue weighted by molar-refractivity contribution is 0.102. The number of rotatable bonds is 4. The first kappa shape index (κ1) is 17.2. The van der Waals surface area contributed by atoms with E-state index in [0.717, 1.165) is 13.0 Å². The minimum absolute atomic E-state index is 0.187. The average molecular weight is 360 g/mol. The second kappa shape index (κ2) is 7.55. The summed E-state index contributed by atoms with van der Waals surface area (Å²) in [6.45, 7) is 2.98. The van der Waals surface area contributed by atoms with Crippen LogP contribution in [0.15, 0.2) is 61.1 Å². The molecule has 1 aromatic carbocycles. The molecule has 2 N–H and O–H groups in total. The standard InChI is InChI=1S/C21H20N4O2/c1-14-10-17-11-15(6-7-16(17)12-24-14)20(26)25-19-5-3-9-23-21(19)27-18-4-2-8-22-13-18/h2-9,11,13-14,24H,10,12H2,1H3,(H,25,26). The third-order valence-corrected chi connectivity index (χ3v) is 4.50. The van der Waals surface area contributed by atoms with Gasteiger partial charge in [-0.3, -0.25) is 9.78 Å². The van der Waals surface area contributed by atoms with E-state index in [1.807, 2.05) is 18.2 Å². The van der Waals surface area contributed by atoms with Crippen molar-refractivity contribution in [3.8, 4) is 11.6 Å². The Kier molecular flexibility index (Phi) is 4.80. The Balaban J connectivity index is 1.54. The van der Waals surface area contributed by atoms with Crippen LogP contribution < -0.4 is 15.4 Å². The Labute approximate surface area is 157 Å². The molecule has 6 heteroatoms. The molecule has 1 atom stereocenters. The number of hydrogen-bond acceptors (Lipinski definition) is 5. The highest BCUT2D eigenvalue weighted by molar-refractivity contribution is 6.05. The molecule has 0 bridgehead atoms. The molecule has 136 valence electrons. The summed E-state index contributed by atoms with van der Waals surface area (Å²) >= 11 is 0. The first-order valence-corrected chi connectivity index (χ1v) is 8.88. The van der Waals surface area contributed by atoms with Crippen LogP contribution in [0, 0.1) is 0 Å². The predicted molar refractivity (Wildman–Crippen MR) is 103 cm³/mol. The van der Waals surface area contributed by atoms with Crippen LogP contribution in [0.3, 0.4) is 0 Å². The molecule has 0 saturated carbocycles. The maximum Gasteiger partial charge on any atom is 0.255 e. The van der Waals surface area contributed by atoms with Crippen LogP contribution in [0.25, 0.3) is 0 Å². The van der Waals surface area contributed by atoms with Gasteiger partial charge in [0.15, 0.2) is 0 Å². The van der Waals surface area contributed by atoms with Crippen molar-refractivity contribution in [2.75, 3.05) is 5.32 Å². The van der Waals surface area contributed by atoms with E-state index < -0.39 is 0 Å². The van der Waals surface area contributed by atoms with Crippen LogP contribution in [-0.2, 0) is 13.0 Å². The van der Waals surface area contributed by atoms with Crippen LogP contribution in [0.5, 0.6) is 11.6 Å². The fraction of sp³-hybridized carbons (Fsp3) is 0.190. The van der Waals surface area contributed by atoms with Gasteiger partial charge < -0.3 is 15.4 Å². The smallest absolute Gasteiger partial charge is 0.255 e.